The molecule has 1 rings (SSSR count). The van der Waals surface area contributed by atoms with E-state index in [1.165, 1.54) is 6.07 Å². The van der Waals surface area contributed by atoms with Gasteiger partial charge in [-0.15, -0.1) is 0 Å². The predicted octanol–water partition coefficient (Wildman–Crippen LogP) is 0.810. The van der Waals surface area contributed by atoms with Crippen LogP contribution < -0.4 is 11.3 Å². The molecule has 0 spiro atoms. The van der Waals surface area contributed by atoms with E-state index in [9.17, 15) is 9.18 Å². The van der Waals surface area contributed by atoms with Crippen molar-refractivity contribution in [1.82, 2.24) is 0 Å². The molecule has 0 saturated carbocycles. The van der Waals surface area contributed by atoms with Crippen LogP contribution in [0.15, 0.2) is 18.2 Å². The van der Waals surface area contributed by atoms with Crippen LogP contribution >= 0.6 is 0 Å². The van der Waals surface area contributed by atoms with Crippen molar-refractivity contribution in [2.24, 2.45) is 5.84 Å². The van der Waals surface area contributed by atoms with Crippen molar-refractivity contribution in [3.63, 3.8) is 0 Å². The fourth-order valence-electron chi connectivity index (χ4n) is 0.778. The van der Waals surface area contributed by atoms with E-state index in [2.05, 4.69) is 5.43 Å². The number of carboxylic acid groups (broad SMARTS) is 1. The first kappa shape index (κ1) is 8.48. The number of anilines is 1. The molecule has 0 amide bonds. The Morgan fingerprint density at radius 3 is 2.67 bits per heavy atom. The van der Waals surface area contributed by atoms with Crippen molar-refractivity contribution in [2.75, 3.05) is 5.43 Å². The van der Waals surface area contributed by atoms with E-state index in [0.29, 0.717) is 5.69 Å². The lowest BCUT2D eigenvalue weighted by molar-refractivity contribution is 0.0692. The summed E-state index contributed by atoms with van der Waals surface area (Å²) in [6.45, 7) is 0. The zero-order valence-electron chi connectivity index (χ0n) is 6.04. The second-order valence-corrected chi connectivity index (χ2v) is 2.14. The van der Waals surface area contributed by atoms with Crippen molar-refractivity contribution in [1.29, 1.82) is 0 Å². The fraction of sp³-hybridized carbons (Fsp3) is 0. The zero-order chi connectivity index (χ0) is 9.14. The summed E-state index contributed by atoms with van der Waals surface area (Å²) in [5.74, 6) is 2.88. The molecule has 0 saturated heterocycles. The summed E-state index contributed by atoms with van der Waals surface area (Å²) in [6.07, 6.45) is 0. The van der Waals surface area contributed by atoms with Crippen LogP contribution in [0, 0.1) is 5.82 Å². The SMILES string of the molecule is NNc1ccc(C(=O)O)c(F)c1. The predicted molar refractivity (Wildman–Crippen MR) is 41.2 cm³/mol. The van der Waals surface area contributed by atoms with Crippen LogP contribution in [0.1, 0.15) is 10.4 Å². The molecule has 0 radical (unpaired) electrons. The van der Waals surface area contributed by atoms with Crippen molar-refractivity contribution in [3.05, 3.63) is 29.6 Å². The molecule has 0 aliphatic rings. The minimum absolute atomic E-state index is 0.331. The summed E-state index contributed by atoms with van der Waals surface area (Å²) in [5.41, 5.74) is 2.17. The lowest BCUT2D eigenvalue weighted by atomic mass is 10.2. The van der Waals surface area contributed by atoms with Crippen molar-refractivity contribution in [3.8, 4) is 0 Å². The van der Waals surface area contributed by atoms with Crippen molar-refractivity contribution in [2.45, 2.75) is 0 Å². The van der Waals surface area contributed by atoms with Crippen LogP contribution in [0.4, 0.5) is 10.1 Å². The van der Waals surface area contributed by atoms with E-state index in [1.807, 2.05) is 0 Å². The summed E-state index contributed by atoms with van der Waals surface area (Å²) in [5, 5.41) is 8.44. The summed E-state index contributed by atoms with van der Waals surface area (Å²) in [6, 6.07) is 3.54. The number of aromatic carboxylic acids is 1. The topological polar surface area (TPSA) is 75.3 Å². The van der Waals surface area contributed by atoms with E-state index in [1.54, 1.807) is 0 Å². The maximum absolute atomic E-state index is 12.8. The summed E-state index contributed by atoms with van der Waals surface area (Å²) < 4.78 is 12.8. The monoisotopic (exact) mass is 170 g/mol. The normalized spacial score (nSPS) is 9.50. The molecular weight excluding hydrogens is 163 g/mol. The second-order valence-electron chi connectivity index (χ2n) is 2.14. The Hall–Kier alpha value is -1.62. The third-order valence-corrected chi connectivity index (χ3v) is 1.37. The summed E-state index contributed by atoms with van der Waals surface area (Å²) in [4.78, 5) is 10.3. The van der Waals surface area contributed by atoms with Crippen molar-refractivity contribution >= 4 is 11.7 Å². The Morgan fingerprint density at radius 1 is 1.58 bits per heavy atom. The largest absolute Gasteiger partial charge is 0.478 e. The van der Waals surface area contributed by atoms with Gasteiger partial charge in [-0.2, -0.15) is 0 Å². The molecule has 0 aliphatic carbocycles. The van der Waals surface area contributed by atoms with Gasteiger partial charge in [-0.3, -0.25) is 5.84 Å². The first-order valence-corrected chi connectivity index (χ1v) is 3.14. The van der Waals surface area contributed by atoms with Crippen LogP contribution in [0.5, 0.6) is 0 Å². The summed E-state index contributed by atoms with van der Waals surface area (Å²) >= 11 is 0. The molecule has 0 fully saturated rings. The van der Waals surface area contributed by atoms with Gasteiger partial charge in [-0.25, -0.2) is 9.18 Å². The van der Waals surface area contributed by atoms with Gasteiger partial charge in [0.15, 0.2) is 0 Å². The number of halogens is 1. The first-order valence-electron chi connectivity index (χ1n) is 3.14. The lowest BCUT2D eigenvalue weighted by Gasteiger charge is -2.01. The molecule has 0 atom stereocenters. The Balaban J connectivity index is 3.12. The Kier molecular flexibility index (Phi) is 2.25. The number of nitrogens with one attached hydrogen (secondary N) is 1. The number of nitrogen functional groups attached to an aromatic ring is 1. The molecule has 5 heteroatoms. The maximum atomic E-state index is 12.8. The molecule has 64 valence electrons. The van der Waals surface area contributed by atoms with E-state index in [0.717, 1.165) is 12.1 Å². The molecule has 0 heterocycles. The average molecular weight is 170 g/mol. The Labute approximate surface area is 67.8 Å². The number of rotatable bonds is 2. The van der Waals surface area contributed by atoms with Gasteiger partial charge >= 0.3 is 5.97 Å². The molecule has 1 aromatic rings. The second kappa shape index (κ2) is 3.19. The first-order chi connectivity index (χ1) is 5.65. The number of hydrogen-bond acceptors (Lipinski definition) is 3. The lowest BCUT2D eigenvalue weighted by Crippen LogP contribution is -2.08. The van der Waals surface area contributed by atoms with Crippen LogP contribution in [0.2, 0.25) is 0 Å². The smallest absolute Gasteiger partial charge is 0.338 e. The average Bonchev–Trinajstić information content (AvgIpc) is 2.03. The van der Waals surface area contributed by atoms with Crippen molar-refractivity contribution < 1.29 is 14.3 Å². The molecule has 0 bridgehead atoms. The quantitative estimate of drug-likeness (QED) is 0.453. The van der Waals surface area contributed by atoms with Gasteiger partial charge in [0.1, 0.15) is 5.82 Å². The Morgan fingerprint density at radius 2 is 2.25 bits per heavy atom. The van der Waals surface area contributed by atoms with E-state index < -0.39 is 11.8 Å². The number of hydrazine groups is 1. The molecule has 1 aromatic carbocycles. The van der Waals surface area contributed by atoms with Gasteiger partial charge < -0.3 is 10.5 Å². The third-order valence-electron chi connectivity index (χ3n) is 1.37. The van der Waals surface area contributed by atoms with Gasteiger partial charge in [0.25, 0.3) is 0 Å². The third kappa shape index (κ3) is 1.51. The van der Waals surface area contributed by atoms with E-state index in [4.69, 9.17) is 10.9 Å². The van der Waals surface area contributed by atoms with Crippen LogP contribution in [-0.4, -0.2) is 11.1 Å². The van der Waals surface area contributed by atoms with Gasteiger partial charge in [-0.1, -0.05) is 0 Å². The Bertz CT molecular complexity index is 314. The fourth-order valence-corrected chi connectivity index (χ4v) is 0.778. The molecule has 4 nitrogen and oxygen atoms in total. The van der Waals surface area contributed by atoms with Crippen LogP contribution in [-0.2, 0) is 0 Å². The number of carbonyl (C=O) groups is 1. The van der Waals surface area contributed by atoms with Gasteiger partial charge in [-0.05, 0) is 18.2 Å². The van der Waals surface area contributed by atoms with Crippen LogP contribution in [0.25, 0.3) is 0 Å². The highest BCUT2D eigenvalue weighted by atomic mass is 19.1. The number of hydrogen-bond donors (Lipinski definition) is 3. The molecule has 4 N–H and O–H groups in total. The van der Waals surface area contributed by atoms with E-state index >= 15 is 0 Å². The maximum Gasteiger partial charge on any atom is 0.338 e. The molecule has 12 heavy (non-hydrogen) atoms. The van der Waals surface area contributed by atoms with Gasteiger partial charge in [0.05, 0.1) is 11.3 Å². The minimum Gasteiger partial charge on any atom is -0.478 e. The standard InChI is InChI=1S/C7H7FN2O2/c8-6-3-4(10-9)1-2-5(6)7(11)12/h1-3,10H,9H2,(H,11,12). The van der Waals surface area contributed by atoms with Gasteiger partial charge in [0.2, 0.25) is 0 Å². The number of carboxylic acids is 1. The van der Waals surface area contributed by atoms with Crippen LogP contribution in [0.3, 0.4) is 0 Å². The number of nitrogens with two attached hydrogens (primary N) is 1. The molecular formula is C7H7FN2O2. The molecule has 0 aliphatic heterocycles. The highest BCUT2D eigenvalue weighted by Gasteiger charge is 2.09. The van der Waals surface area contributed by atoms with E-state index in [-0.39, 0.29) is 5.56 Å². The minimum atomic E-state index is -1.30. The molecule has 0 aromatic heterocycles. The number of benzene rings is 1. The highest BCUT2D eigenvalue weighted by molar-refractivity contribution is 5.88. The highest BCUT2D eigenvalue weighted by Crippen LogP contribution is 2.13. The summed E-state index contributed by atoms with van der Waals surface area (Å²) in [7, 11) is 0. The van der Waals surface area contributed by atoms with Gasteiger partial charge in [0, 0.05) is 0 Å². The zero-order valence-corrected chi connectivity index (χ0v) is 6.04. The molecule has 0 unspecified atom stereocenters.